The second kappa shape index (κ2) is 7.42. The van der Waals surface area contributed by atoms with Gasteiger partial charge in [-0.15, -0.1) is 0 Å². The fourth-order valence-electron chi connectivity index (χ4n) is 2.51. The highest BCUT2D eigenvalue weighted by molar-refractivity contribution is 7.90. The summed E-state index contributed by atoms with van der Waals surface area (Å²) in [6.07, 6.45) is 3.24. The normalized spacial score (nSPS) is 21.2. The Morgan fingerprint density at radius 2 is 1.86 bits per heavy atom. The van der Waals surface area contributed by atoms with E-state index < -0.39 is 10.0 Å². The Balaban J connectivity index is 1.64. The summed E-state index contributed by atoms with van der Waals surface area (Å²) in [5, 5.41) is 5.40. The molecule has 0 atom stereocenters. The van der Waals surface area contributed by atoms with E-state index in [0.29, 0.717) is 38.7 Å². The number of amides is 2. The summed E-state index contributed by atoms with van der Waals surface area (Å²) in [7, 11) is -1.45. The molecule has 0 unspecified atom stereocenters. The zero-order valence-electron chi connectivity index (χ0n) is 12.5. The number of urea groups is 1. The highest BCUT2D eigenvalue weighted by atomic mass is 32.2. The monoisotopic (exact) mass is 319 g/mol. The predicted octanol–water partition coefficient (Wildman–Crippen LogP) is 0.136. The SMILES string of the molecule is COCCNC(=O)NCC1CCN(S(=O)(=O)C2CC2)CC1. The zero-order chi connectivity index (χ0) is 15.3. The molecule has 7 nitrogen and oxygen atoms in total. The molecule has 1 aliphatic carbocycles. The van der Waals surface area contributed by atoms with E-state index >= 15 is 0 Å². The number of hydrogen-bond donors (Lipinski definition) is 2. The van der Waals surface area contributed by atoms with Gasteiger partial charge in [0.15, 0.2) is 0 Å². The first kappa shape index (κ1) is 16.5. The summed E-state index contributed by atoms with van der Waals surface area (Å²) in [5.74, 6) is 0.351. The minimum atomic E-state index is -3.04. The average molecular weight is 319 g/mol. The summed E-state index contributed by atoms with van der Waals surface area (Å²) in [6.45, 7) is 2.73. The molecule has 1 saturated carbocycles. The molecule has 1 heterocycles. The van der Waals surface area contributed by atoms with Crippen LogP contribution in [0.1, 0.15) is 25.7 Å². The van der Waals surface area contributed by atoms with Gasteiger partial charge in [0.2, 0.25) is 10.0 Å². The first-order valence-electron chi connectivity index (χ1n) is 7.53. The number of carbonyl (C=O) groups excluding carboxylic acids is 1. The van der Waals surface area contributed by atoms with Crippen LogP contribution in [0.4, 0.5) is 4.79 Å². The van der Waals surface area contributed by atoms with E-state index in [1.165, 1.54) is 0 Å². The maximum atomic E-state index is 12.1. The molecule has 2 rings (SSSR count). The lowest BCUT2D eigenvalue weighted by atomic mass is 9.98. The molecule has 0 aromatic rings. The fraction of sp³-hybridized carbons (Fsp3) is 0.923. The molecule has 122 valence electrons. The topological polar surface area (TPSA) is 87.7 Å². The van der Waals surface area contributed by atoms with E-state index in [4.69, 9.17) is 4.74 Å². The van der Waals surface area contributed by atoms with Crippen LogP contribution in [-0.4, -0.2) is 63.9 Å². The van der Waals surface area contributed by atoms with Gasteiger partial charge in [-0.3, -0.25) is 0 Å². The third-order valence-electron chi connectivity index (χ3n) is 4.02. The van der Waals surface area contributed by atoms with E-state index in [1.807, 2.05) is 0 Å². The molecule has 0 spiro atoms. The second-order valence-corrected chi connectivity index (χ2v) is 7.93. The van der Waals surface area contributed by atoms with Crippen LogP contribution in [0.25, 0.3) is 0 Å². The van der Waals surface area contributed by atoms with E-state index in [0.717, 1.165) is 25.7 Å². The molecular weight excluding hydrogens is 294 g/mol. The van der Waals surface area contributed by atoms with Gasteiger partial charge in [-0.05, 0) is 31.6 Å². The molecule has 0 radical (unpaired) electrons. The van der Waals surface area contributed by atoms with Crippen molar-refractivity contribution < 1.29 is 17.9 Å². The number of nitrogens with one attached hydrogen (secondary N) is 2. The van der Waals surface area contributed by atoms with Crippen molar-refractivity contribution in [3.63, 3.8) is 0 Å². The molecule has 2 aliphatic rings. The molecule has 0 aromatic heterocycles. The molecule has 21 heavy (non-hydrogen) atoms. The molecule has 1 aliphatic heterocycles. The molecule has 0 aromatic carbocycles. The van der Waals surface area contributed by atoms with Crippen molar-refractivity contribution in [2.24, 2.45) is 5.92 Å². The number of nitrogens with zero attached hydrogens (tertiary/aromatic N) is 1. The summed E-state index contributed by atoms with van der Waals surface area (Å²) in [5.41, 5.74) is 0. The summed E-state index contributed by atoms with van der Waals surface area (Å²) >= 11 is 0. The van der Waals surface area contributed by atoms with E-state index in [-0.39, 0.29) is 11.3 Å². The number of ether oxygens (including phenoxy) is 1. The van der Waals surface area contributed by atoms with Crippen molar-refractivity contribution >= 4 is 16.1 Å². The van der Waals surface area contributed by atoms with Gasteiger partial charge < -0.3 is 15.4 Å². The Kier molecular flexibility index (Phi) is 5.83. The van der Waals surface area contributed by atoms with Gasteiger partial charge in [-0.1, -0.05) is 0 Å². The first-order valence-corrected chi connectivity index (χ1v) is 9.04. The van der Waals surface area contributed by atoms with E-state index in [2.05, 4.69) is 10.6 Å². The van der Waals surface area contributed by atoms with Crippen molar-refractivity contribution in [1.29, 1.82) is 0 Å². The Morgan fingerprint density at radius 1 is 1.19 bits per heavy atom. The van der Waals surface area contributed by atoms with Crippen molar-refractivity contribution in [3.05, 3.63) is 0 Å². The molecule has 0 bridgehead atoms. The van der Waals surface area contributed by atoms with Crippen LogP contribution >= 0.6 is 0 Å². The Bertz CT molecular complexity index is 442. The minimum Gasteiger partial charge on any atom is -0.383 e. The standard InChI is InChI=1S/C13H25N3O4S/c1-20-9-6-14-13(17)15-10-11-4-7-16(8-5-11)21(18,19)12-2-3-12/h11-12H,2-10H2,1H3,(H2,14,15,17). The minimum absolute atomic E-state index is 0.126. The number of hydrogen-bond acceptors (Lipinski definition) is 4. The molecule has 2 N–H and O–H groups in total. The Morgan fingerprint density at radius 3 is 2.43 bits per heavy atom. The molecule has 8 heteroatoms. The largest absolute Gasteiger partial charge is 0.383 e. The Labute approximate surface area is 126 Å². The summed E-state index contributed by atoms with van der Waals surface area (Å²) in [6, 6.07) is -0.194. The molecular formula is C13H25N3O4S. The van der Waals surface area contributed by atoms with Crippen molar-refractivity contribution in [2.45, 2.75) is 30.9 Å². The van der Waals surface area contributed by atoms with Crippen LogP contribution < -0.4 is 10.6 Å². The summed E-state index contributed by atoms with van der Waals surface area (Å²) in [4.78, 5) is 11.5. The smallest absolute Gasteiger partial charge is 0.314 e. The third-order valence-corrected chi connectivity index (χ3v) is 6.42. The van der Waals surface area contributed by atoms with E-state index in [9.17, 15) is 13.2 Å². The maximum absolute atomic E-state index is 12.1. The van der Waals surface area contributed by atoms with Gasteiger partial charge in [0, 0.05) is 33.3 Å². The number of methoxy groups -OCH3 is 1. The highest BCUT2D eigenvalue weighted by Crippen LogP contribution is 2.32. The van der Waals surface area contributed by atoms with Crippen LogP contribution in [0.15, 0.2) is 0 Å². The second-order valence-electron chi connectivity index (χ2n) is 5.72. The average Bonchev–Trinajstić information content (AvgIpc) is 3.31. The zero-order valence-corrected chi connectivity index (χ0v) is 13.3. The van der Waals surface area contributed by atoms with Gasteiger partial charge >= 0.3 is 6.03 Å². The quantitative estimate of drug-likeness (QED) is 0.653. The van der Waals surface area contributed by atoms with Crippen LogP contribution in [0.5, 0.6) is 0 Å². The molecule has 2 fully saturated rings. The van der Waals surface area contributed by atoms with Gasteiger partial charge in [-0.25, -0.2) is 17.5 Å². The lowest BCUT2D eigenvalue weighted by Gasteiger charge is -2.31. The highest BCUT2D eigenvalue weighted by Gasteiger charge is 2.41. The predicted molar refractivity (Wildman–Crippen MR) is 79.5 cm³/mol. The van der Waals surface area contributed by atoms with Crippen molar-refractivity contribution in [3.8, 4) is 0 Å². The van der Waals surface area contributed by atoms with Crippen molar-refractivity contribution in [2.75, 3.05) is 39.9 Å². The van der Waals surface area contributed by atoms with Crippen molar-refractivity contribution in [1.82, 2.24) is 14.9 Å². The number of rotatable bonds is 7. The van der Waals surface area contributed by atoms with Gasteiger partial charge in [0.05, 0.1) is 11.9 Å². The molecule has 1 saturated heterocycles. The summed E-state index contributed by atoms with van der Waals surface area (Å²) < 4.78 is 30.7. The lowest BCUT2D eigenvalue weighted by Crippen LogP contribution is -2.44. The van der Waals surface area contributed by atoms with Gasteiger partial charge in [0.25, 0.3) is 0 Å². The van der Waals surface area contributed by atoms with Crippen LogP contribution in [-0.2, 0) is 14.8 Å². The van der Waals surface area contributed by atoms with E-state index in [1.54, 1.807) is 11.4 Å². The Hall–Kier alpha value is -0.860. The molecule has 2 amide bonds. The maximum Gasteiger partial charge on any atom is 0.314 e. The lowest BCUT2D eigenvalue weighted by molar-refractivity contribution is 0.194. The van der Waals surface area contributed by atoms with Gasteiger partial charge in [-0.2, -0.15) is 0 Å². The number of sulfonamides is 1. The van der Waals surface area contributed by atoms with Crippen LogP contribution in [0, 0.1) is 5.92 Å². The number of carbonyl (C=O) groups is 1. The fourth-order valence-corrected chi connectivity index (χ4v) is 4.38. The number of piperidine rings is 1. The van der Waals surface area contributed by atoms with Gasteiger partial charge in [0.1, 0.15) is 0 Å². The van der Waals surface area contributed by atoms with Crippen LogP contribution in [0.3, 0.4) is 0 Å². The first-order chi connectivity index (χ1) is 10.0. The van der Waals surface area contributed by atoms with Crippen LogP contribution in [0.2, 0.25) is 0 Å². The third kappa shape index (κ3) is 4.82.